The van der Waals surface area contributed by atoms with Crippen molar-refractivity contribution >= 4 is 29.4 Å². The van der Waals surface area contributed by atoms with Crippen LogP contribution in [0.4, 0.5) is 5.69 Å². The Kier molecular flexibility index (Phi) is 5.23. The van der Waals surface area contributed by atoms with Crippen LogP contribution in [0.3, 0.4) is 0 Å². The SMILES string of the molecule is COc1cc(-c2nc3ccc(N=CN=CN)cc3[nH]2)ccc1OC1CCCC1. The molecule has 1 heterocycles. The summed E-state index contributed by atoms with van der Waals surface area (Å²) >= 11 is 0. The molecule has 0 amide bonds. The Bertz CT molecular complexity index is 1020. The van der Waals surface area contributed by atoms with E-state index in [0.717, 1.165) is 52.4 Å². The molecule has 3 aromatic rings. The molecule has 7 nitrogen and oxygen atoms in total. The fourth-order valence-electron chi connectivity index (χ4n) is 3.45. The molecule has 1 aliphatic rings. The number of fused-ring (bicyclic) bond motifs is 1. The minimum absolute atomic E-state index is 0.286. The number of aromatic amines is 1. The maximum absolute atomic E-state index is 6.12. The Hall–Kier alpha value is -3.35. The van der Waals surface area contributed by atoms with E-state index in [4.69, 9.17) is 15.2 Å². The maximum Gasteiger partial charge on any atom is 0.161 e. The zero-order valence-corrected chi connectivity index (χ0v) is 15.8. The summed E-state index contributed by atoms with van der Waals surface area (Å²) in [5.41, 5.74) is 8.67. The first kappa shape index (κ1) is 18.0. The zero-order valence-electron chi connectivity index (χ0n) is 15.8. The van der Waals surface area contributed by atoms with Crippen molar-refractivity contribution in [1.29, 1.82) is 0 Å². The second-order valence-electron chi connectivity index (χ2n) is 6.72. The molecule has 1 aliphatic carbocycles. The number of aromatic nitrogens is 2. The highest BCUT2D eigenvalue weighted by Crippen LogP contribution is 2.35. The third-order valence-corrected chi connectivity index (χ3v) is 4.86. The third-order valence-electron chi connectivity index (χ3n) is 4.86. The molecule has 1 fully saturated rings. The number of hydrogen-bond donors (Lipinski definition) is 2. The van der Waals surface area contributed by atoms with Gasteiger partial charge in [-0.05, 0) is 62.1 Å². The topological polar surface area (TPSA) is 97.9 Å². The number of aliphatic imine (C=N–C) groups is 2. The molecular weight excluding hydrogens is 354 g/mol. The summed E-state index contributed by atoms with van der Waals surface area (Å²) in [6.45, 7) is 0. The van der Waals surface area contributed by atoms with Gasteiger partial charge in [0, 0.05) is 5.56 Å². The van der Waals surface area contributed by atoms with E-state index in [1.54, 1.807) is 7.11 Å². The molecule has 1 aromatic heterocycles. The van der Waals surface area contributed by atoms with Crippen LogP contribution in [0.2, 0.25) is 0 Å². The van der Waals surface area contributed by atoms with Crippen LogP contribution in [0.25, 0.3) is 22.4 Å². The molecule has 4 rings (SSSR count). The lowest BCUT2D eigenvalue weighted by atomic mass is 10.2. The minimum Gasteiger partial charge on any atom is -0.493 e. The number of benzene rings is 2. The Morgan fingerprint density at radius 1 is 1.14 bits per heavy atom. The average Bonchev–Trinajstić information content (AvgIpc) is 3.37. The lowest BCUT2D eigenvalue weighted by molar-refractivity contribution is 0.201. The van der Waals surface area contributed by atoms with E-state index in [1.165, 1.54) is 25.5 Å². The first-order valence-corrected chi connectivity index (χ1v) is 9.37. The van der Waals surface area contributed by atoms with Gasteiger partial charge in [-0.25, -0.2) is 15.0 Å². The van der Waals surface area contributed by atoms with Gasteiger partial charge in [-0.1, -0.05) is 0 Å². The molecule has 28 heavy (non-hydrogen) atoms. The third kappa shape index (κ3) is 3.83. The van der Waals surface area contributed by atoms with Crippen molar-refractivity contribution in [1.82, 2.24) is 9.97 Å². The number of H-pyrrole nitrogens is 1. The highest BCUT2D eigenvalue weighted by atomic mass is 16.5. The van der Waals surface area contributed by atoms with Crippen LogP contribution in [0.15, 0.2) is 46.4 Å². The van der Waals surface area contributed by atoms with Crippen molar-refractivity contribution in [2.75, 3.05) is 7.11 Å². The highest BCUT2D eigenvalue weighted by Gasteiger charge is 2.19. The van der Waals surface area contributed by atoms with Gasteiger partial charge in [-0.15, -0.1) is 0 Å². The number of imidazole rings is 1. The molecule has 0 saturated heterocycles. The van der Waals surface area contributed by atoms with Gasteiger partial charge in [0.25, 0.3) is 0 Å². The summed E-state index contributed by atoms with van der Waals surface area (Å²) < 4.78 is 11.7. The van der Waals surface area contributed by atoms with Gasteiger partial charge in [0.15, 0.2) is 11.5 Å². The number of rotatable bonds is 6. The molecule has 7 heteroatoms. The van der Waals surface area contributed by atoms with Crippen molar-refractivity contribution in [2.45, 2.75) is 31.8 Å². The monoisotopic (exact) mass is 377 g/mol. The van der Waals surface area contributed by atoms with Crippen LogP contribution >= 0.6 is 0 Å². The van der Waals surface area contributed by atoms with Crippen LogP contribution in [-0.2, 0) is 0 Å². The minimum atomic E-state index is 0.286. The van der Waals surface area contributed by atoms with E-state index in [1.807, 2.05) is 36.4 Å². The van der Waals surface area contributed by atoms with Crippen LogP contribution in [0.5, 0.6) is 11.5 Å². The Morgan fingerprint density at radius 2 is 2.00 bits per heavy atom. The lowest BCUT2D eigenvalue weighted by Gasteiger charge is -2.16. The number of hydrogen-bond acceptors (Lipinski definition) is 4. The van der Waals surface area contributed by atoms with Crippen LogP contribution in [0, 0.1) is 0 Å². The van der Waals surface area contributed by atoms with Crippen LogP contribution < -0.4 is 15.2 Å². The molecule has 0 radical (unpaired) electrons. The van der Waals surface area contributed by atoms with Gasteiger partial charge in [-0.2, -0.15) is 0 Å². The average molecular weight is 377 g/mol. The predicted molar refractivity (Wildman–Crippen MR) is 112 cm³/mol. The van der Waals surface area contributed by atoms with E-state index in [9.17, 15) is 0 Å². The Morgan fingerprint density at radius 3 is 2.79 bits per heavy atom. The fraction of sp³-hybridized carbons (Fsp3) is 0.286. The summed E-state index contributed by atoms with van der Waals surface area (Å²) in [5.74, 6) is 2.27. The van der Waals surface area contributed by atoms with Crippen molar-refractivity contribution < 1.29 is 9.47 Å². The molecular formula is C21H23N5O2. The summed E-state index contributed by atoms with van der Waals surface area (Å²) in [4.78, 5) is 16.0. The number of nitrogens with two attached hydrogens (primary N) is 1. The lowest BCUT2D eigenvalue weighted by Crippen LogP contribution is -2.11. The Labute approximate surface area is 163 Å². The molecule has 0 atom stereocenters. The van der Waals surface area contributed by atoms with Gasteiger partial charge < -0.3 is 20.2 Å². The van der Waals surface area contributed by atoms with Crippen LogP contribution in [0.1, 0.15) is 25.7 Å². The number of methoxy groups -OCH3 is 1. The Balaban J connectivity index is 1.61. The van der Waals surface area contributed by atoms with E-state index >= 15 is 0 Å². The maximum atomic E-state index is 6.12. The van der Waals surface area contributed by atoms with Crippen molar-refractivity contribution in [2.24, 2.45) is 15.7 Å². The quantitative estimate of drug-likeness (QED) is 0.497. The summed E-state index contributed by atoms with van der Waals surface area (Å²) in [5, 5.41) is 0. The number of nitrogens with zero attached hydrogens (tertiary/aromatic N) is 3. The molecule has 2 aromatic carbocycles. The van der Waals surface area contributed by atoms with Gasteiger partial charge in [0.05, 0.1) is 36.3 Å². The molecule has 0 aliphatic heterocycles. The van der Waals surface area contributed by atoms with Crippen molar-refractivity contribution in [3.8, 4) is 22.9 Å². The van der Waals surface area contributed by atoms with E-state index in [-0.39, 0.29) is 6.10 Å². The van der Waals surface area contributed by atoms with Gasteiger partial charge in [0.1, 0.15) is 12.2 Å². The number of nitrogens with one attached hydrogen (secondary N) is 1. The summed E-state index contributed by atoms with van der Waals surface area (Å²) in [6.07, 6.45) is 7.57. The predicted octanol–water partition coefficient (Wildman–Crippen LogP) is 4.21. The van der Waals surface area contributed by atoms with E-state index < -0.39 is 0 Å². The van der Waals surface area contributed by atoms with Gasteiger partial charge in [-0.3, -0.25) is 0 Å². The summed E-state index contributed by atoms with van der Waals surface area (Å²) in [7, 11) is 1.66. The zero-order chi connectivity index (χ0) is 19.3. The normalized spacial score (nSPS) is 15.2. The molecule has 3 N–H and O–H groups in total. The first-order chi connectivity index (χ1) is 13.8. The van der Waals surface area contributed by atoms with Gasteiger partial charge in [0.2, 0.25) is 0 Å². The highest BCUT2D eigenvalue weighted by molar-refractivity contribution is 5.83. The first-order valence-electron chi connectivity index (χ1n) is 9.37. The second kappa shape index (κ2) is 8.12. The van der Waals surface area contributed by atoms with Crippen LogP contribution in [-0.4, -0.2) is 35.9 Å². The number of ether oxygens (including phenoxy) is 2. The van der Waals surface area contributed by atoms with Crippen molar-refractivity contribution in [3.05, 3.63) is 36.4 Å². The molecule has 0 spiro atoms. The standard InChI is InChI=1S/C21H23N5O2/c1-27-20-10-14(6-9-19(20)28-16-4-2-3-5-16)21-25-17-8-7-15(11-18(17)26-21)24-13-23-12-22/h6-13,16H,2-5H2,1H3,(H,25,26)(H2,22,23,24). The smallest absolute Gasteiger partial charge is 0.161 e. The van der Waals surface area contributed by atoms with E-state index in [0.29, 0.717) is 0 Å². The fourth-order valence-corrected chi connectivity index (χ4v) is 3.45. The molecule has 144 valence electrons. The van der Waals surface area contributed by atoms with Crippen molar-refractivity contribution in [3.63, 3.8) is 0 Å². The molecule has 0 bridgehead atoms. The van der Waals surface area contributed by atoms with Gasteiger partial charge >= 0.3 is 0 Å². The second-order valence-corrected chi connectivity index (χ2v) is 6.72. The summed E-state index contributed by atoms with van der Waals surface area (Å²) in [6, 6.07) is 11.6. The largest absolute Gasteiger partial charge is 0.493 e. The van der Waals surface area contributed by atoms with E-state index in [2.05, 4.69) is 20.0 Å². The molecule has 0 unspecified atom stereocenters. The molecule has 1 saturated carbocycles.